The van der Waals surface area contributed by atoms with Crippen LogP contribution in [-0.2, 0) is 14.9 Å². The maximum atomic E-state index is 11.8. The SMILES string of the molecule is COC(=O)C=Cc1c(C=O)c2c(C(C)(C)C)cc(C)cc2n1C(=O)O. The van der Waals surface area contributed by atoms with E-state index < -0.39 is 12.1 Å². The number of benzene rings is 1. The first-order valence-corrected chi connectivity index (χ1v) is 7.75. The van der Waals surface area contributed by atoms with Gasteiger partial charge in [0, 0.05) is 17.0 Å². The number of esters is 1. The number of nitrogens with zero attached hydrogens (tertiary/aromatic N) is 1. The Morgan fingerprint density at radius 3 is 2.36 bits per heavy atom. The summed E-state index contributed by atoms with van der Waals surface area (Å²) in [4.78, 5) is 35.1. The summed E-state index contributed by atoms with van der Waals surface area (Å²) >= 11 is 0. The van der Waals surface area contributed by atoms with Crippen LogP contribution in [0.4, 0.5) is 4.79 Å². The molecule has 25 heavy (non-hydrogen) atoms. The zero-order chi connectivity index (χ0) is 18.9. The highest BCUT2D eigenvalue weighted by Gasteiger charge is 2.26. The van der Waals surface area contributed by atoms with Crippen LogP contribution < -0.4 is 0 Å². The number of carbonyl (C=O) groups is 3. The van der Waals surface area contributed by atoms with E-state index in [9.17, 15) is 19.5 Å². The van der Waals surface area contributed by atoms with Crippen molar-refractivity contribution in [2.24, 2.45) is 0 Å². The summed E-state index contributed by atoms with van der Waals surface area (Å²) in [5.41, 5.74) is 2.26. The first-order valence-electron chi connectivity index (χ1n) is 7.75. The van der Waals surface area contributed by atoms with Crippen molar-refractivity contribution in [2.45, 2.75) is 33.1 Å². The lowest BCUT2D eigenvalue weighted by atomic mass is 9.83. The van der Waals surface area contributed by atoms with Crippen LogP contribution in [0.1, 0.15) is 48.0 Å². The molecule has 1 aromatic heterocycles. The van der Waals surface area contributed by atoms with Crippen molar-refractivity contribution in [3.63, 3.8) is 0 Å². The Balaban J connectivity index is 3.00. The average Bonchev–Trinajstić information content (AvgIpc) is 2.83. The minimum Gasteiger partial charge on any atom is -0.466 e. The number of hydrogen-bond donors (Lipinski definition) is 1. The average molecular weight is 343 g/mol. The van der Waals surface area contributed by atoms with Gasteiger partial charge in [-0.25, -0.2) is 14.2 Å². The van der Waals surface area contributed by atoms with E-state index in [-0.39, 0.29) is 16.7 Å². The first kappa shape index (κ1) is 18.4. The Morgan fingerprint density at radius 2 is 1.88 bits per heavy atom. The van der Waals surface area contributed by atoms with E-state index in [0.717, 1.165) is 21.8 Å². The zero-order valence-corrected chi connectivity index (χ0v) is 14.9. The highest BCUT2D eigenvalue weighted by molar-refractivity contribution is 6.08. The van der Waals surface area contributed by atoms with Gasteiger partial charge in [-0.15, -0.1) is 0 Å². The van der Waals surface area contributed by atoms with Gasteiger partial charge in [-0.1, -0.05) is 26.8 Å². The number of ether oxygens (including phenoxy) is 1. The molecular formula is C19H21NO5. The minimum atomic E-state index is -1.23. The van der Waals surface area contributed by atoms with Crippen LogP contribution in [0.15, 0.2) is 18.2 Å². The van der Waals surface area contributed by atoms with Crippen LogP contribution in [0.25, 0.3) is 17.0 Å². The maximum Gasteiger partial charge on any atom is 0.416 e. The van der Waals surface area contributed by atoms with E-state index in [2.05, 4.69) is 4.74 Å². The lowest BCUT2D eigenvalue weighted by Gasteiger charge is -2.21. The van der Waals surface area contributed by atoms with E-state index in [1.165, 1.54) is 13.2 Å². The number of aromatic nitrogens is 1. The van der Waals surface area contributed by atoms with Gasteiger partial charge in [0.2, 0.25) is 0 Å². The van der Waals surface area contributed by atoms with Crippen molar-refractivity contribution in [3.8, 4) is 0 Å². The summed E-state index contributed by atoms with van der Waals surface area (Å²) in [5.74, 6) is -0.633. The highest BCUT2D eigenvalue weighted by Crippen LogP contribution is 2.36. The minimum absolute atomic E-state index is 0.138. The molecule has 2 aromatic rings. The second kappa shape index (κ2) is 6.55. The molecule has 1 aromatic carbocycles. The summed E-state index contributed by atoms with van der Waals surface area (Å²) in [5, 5.41) is 10.3. The molecule has 0 bridgehead atoms. The number of aryl methyl sites for hydroxylation is 1. The molecule has 6 nitrogen and oxygen atoms in total. The summed E-state index contributed by atoms with van der Waals surface area (Å²) < 4.78 is 5.57. The van der Waals surface area contributed by atoms with Crippen molar-refractivity contribution in [2.75, 3.05) is 7.11 Å². The number of methoxy groups -OCH3 is 1. The molecule has 0 unspecified atom stereocenters. The van der Waals surface area contributed by atoms with Crippen LogP contribution in [-0.4, -0.2) is 35.1 Å². The molecular weight excluding hydrogens is 322 g/mol. The van der Waals surface area contributed by atoms with E-state index in [4.69, 9.17) is 0 Å². The number of aldehydes is 1. The molecule has 0 aliphatic heterocycles. The predicted molar refractivity (Wildman–Crippen MR) is 95.2 cm³/mol. The predicted octanol–water partition coefficient (Wildman–Crippen LogP) is 3.77. The highest BCUT2D eigenvalue weighted by atomic mass is 16.5. The van der Waals surface area contributed by atoms with Crippen LogP contribution in [0.5, 0.6) is 0 Å². The number of hydrogen-bond acceptors (Lipinski definition) is 4. The molecule has 0 aliphatic rings. The summed E-state index contributed by atoms with van der Waals surface area (Å²) in [7, 11) is 1.22. The number of carboxylic acid groups (broad SMARTS) is 1. The fourth-order valence-corrected chi connectivity index (χ4v) is 2.90. The Bertz CT molecular complexity index is 897. The monoisotopic (exact) mass is 343 g/mol. The normalized spacial score (nSPS) is 11.9. The van der Waals surface area contributed by atoms with E-state index >= 15 is 0 Å². The van der Waals surface area contributed by atoms with Gasteiger partial charge in [0.1, 0.15) is 0 Å². The van der Waals surface area contributed by atoms with Crippen LogP contribution in [0.3, 0.4) is 0 Å². The molecule has 0 atom stereocenters. The molecule has 6 heteroatoms. The summed E-state index contributed by atoms with van der Waals surface area (Å²) in [6.07, 6.45) is 1.80. The van der Waals surface area contributed by atoms with Gasteiger partial charge in [0.25, 0.3) is 0 Å². The first-order chi connectivity index (χ1) is 11.6. The lowest BCUT2D eigenvalue weighted by molar-refractivity contribution is -0.134. The van der Waals surface area contributed by atoms with Crippen molar-refractivity contribution >= 4 is 35.3 Å². The molecule has 1 N–H and O–H groups in total. The maximum absolute atomic E-state index is 11.8. The van der Waals surface area contributed by atoms with Crippen LogP contribution in [0.2, 0.25) is 0 Å². The molecule has 0 aliphatic carbocycles. The Kier molecular flexibility index (Phi) is 4.83. The third-order valence-electron chi connectivity index (χ3n) is 3.98. The van der Waals surface area contributed by atoms with Crippen LogP contribution in [0, 0.1) is 6.92 Å². The molecule has 0 spiro atoms. The number of carbonyl (C=O) groups excluding carboxylic acids is 2. The summed E-state index contributed by atoms with van der Waals surface area (Å²) in [6.45, 7) is 7.87. The smallest absolute Gasteiger partial charge is 0.416 e. The van der Waals surface area contributed by atoms with E-state index in [1.807, 2.05) is 33.8 Å². The zero-order valence-electron chi connectivity index (χ0n) is 14.9. The van der Waals surface area contributed by atoms with Gasteiger partial charge in [0.05, 0.1) is 18.3 Å². The second-order valence-electron chi connectivity index (χ2n) is 6.85. The third kappa shape index (κ3) is 3.33. The molecule has 2 rings (SSSR count). The van der Waals surface area contributed by atoms with Gasteiger partial charge in [-0.3, -0.25) is 4.79 Å². The molecule has 0 radical (unpaired) electrons. The van der Waals surface area contributed by atoms with Gasteiger partial charge in [-0.2, -0.15) is 0 Å². The number of fused-ring (bicyclic) bond motifs is 1. The Hall–Kier alpha value is -2.89. The van der Waals surface area contributed by atoms with Crippen molar-refractivity contribution < 1.29 is 24.2 Å². The van der Waals surface area contributed by atoms with Gasteiger partial charge in [0.15, 0.2) is 6.29 Å². The molecule has 0 fully saturated rings. The second-order valence-corrected chi connectivity index (χ2v) is 6.85. The van der Waals surface area contributed by atoms with Crippen molar-refractivity contribution in [3.05, 3.63) is 40.6 Å². The van der Waals surface area contributed by atoms with Crippen molar-refractivity contribution in [1.29, 1.82) is 0 Å². The summed E-state index contributed by atoms with van der Waals surface area (Å²) in [6, 6.07) is 3.68. The lowest BCUT2D eigenvalue weighted by Crippen LogP contribution is -2.13. The van der Waals surface area contributed by atoms with Gasteiger partial charge in [-0.05, 0) is 35.6 Å². The fourth-order valence-electron chi connectivity index (χ4n) is 2.90. The third-order valence-corrected chi connectivity index (χ3v) is 3.98. The van der Waals surface area contributed by atoms with Gasteiger partial charge < -0.3 is 9.84 Å². The molecule has 0 saturated carbocycles. The van der Waals surface area contributed by atoms with Crippen LogP contribution >= 0.6 is 0 Å². The standard InChI is InChI=1S/C19H21NO5/c1-11-8-13(19(2,3)4)17-12(10-21)14(6-7-16(22)25-5)20(18(23)24)15(17)9-11/h6-10H,1-5H3,(H,23,24). The molecule has 0 saturated heterocycles. The molecule has 1 heterocycles. The molecule has 0 amide bonds. The van der Waals surface area contributed by atoms with Gasteiger partial charge >= 0.3 is 12.1 Å². The van der Waals surface area contributed by atoms with E-state index in [1.54, 1.807) is 6.07 Å². The fraction of sp³-hybridized carbons (Fsp3) is 0.316. The Labute approximate surface area is 145 Å². The van der Waals surface area contributed by atoms with Crippen molar-refractivity contribution in [1.82, 2.24) is 4.57 Å². The number of rotatable bonds is 3. The quantitative estimate of drug-likeness (QED) is 0.521. The topological polar surface area (TPSA) is 85.6 Å². The Morgan fingerprint density at radius 1 is 1.24 bits per heavy atom. The largest absolute Gasteiger partial charge is 0.466 e. The molecule has 132 valence electrons. The van der Waals surface area contributed by atoms with E-state index in [0.29, 0.717) is 17.2 Å².